The Morgan fingerprint density at radius 3 is 2.50 bits per heavy atom. The molecule has 4 nitrogen and oxygen atoms in total. The van der Waals surface area contributed by atoms with Crippen LogP contribution in [0.4, 0.5) is 10.5 Å². The van der Waals surface area contributed by atoms with E-state index in [0.717, 1.165) is 38.2 Å². The minimum Gasteiger partial charge on any atom is -0.330 e. The third-order valence-electron chi connectivity index (χ3n) is 4.78. The molecule has 0 N–H and O–H groups in total. The number of hydrogen-bond acceptors (Lipinski definition) is 2. The van der Waals surface area contributed by atoms with Crippen LogP contribution in [0.5, 0.6) is 0 Å². The number of likely N-dealkylation sites (tertiary alicyclic amines) is 1. The molecule has 1 aromatic rings. The Kier molecular flexibility index (Phi) is 3.21. The van der Waals surface area contributed by atoms with Crippen molar-refractivity contribution in [3.8, 4) is 0 Å². The Hall–Kier alpha value is -1.55. The Morgan fingerprint density at radius 1 is 1.20 bits per heavy atom. The molecule has 4 heteroatoms. The van der Waals surface area contributed by atoms with Crippen LogP contribution >= 0.6 is 0 Å². The molecule has 2 aliphatic heterocycles. The van der Waals surface area contributed by atoms with Gasteiger partial charge in [0.25, 0.3) is 0 Å². The molecular weight excluding hydrogens is 250 g/mol. The number of hydrogen-bond donors (Lipinski definition) is 0. The molecule has 2 heterocycles. The second-order valence-electron chi connectivity index (χ2n) is 6.36. The Balaban J connectivity index is 1.98. The normalized spacial score (nSPS) is 21.1. The summed E-state index contributed by atoms with van der Waals surface area (Å²) in [4.78, 5) is 18.4. The highest BCUT2D eigenvalue weighted by Crippen LogP contribution is 2.46. The van der Waals surface area contributed by atoms with Gasteiger partial charge < -0.3 is 9.80 Å². The van der Waals surface area contributed by atoms with Gasteiger partial charge in [-0.15, -0.1) is 0 Å². The molecule has 1 saturated heterocycles. The highest BCUT2D eigenvalue weighted by Gasteiger charge is 2.45. The van der Waals surface area contributed by atoms with E-state index in [1.165, 1.54) is 5.56 Å². The maximum Gasteiger partial charge on any atom is 0.323 e. The van der Waals surface area contributed by atoms with Crippen molar-refractivity contribution >= 4 is 11.7 Å². The van der Waals surface area contributed by atoms with E-state index in [4.69, 9.17) is 0 Å². The molecule has 2 aliphatic rings. The second-order valence-corrected chi connectivity index (χ2v) is 6.36. The molecule has 0 radical (unpaired) electrons. The molecule has 0 unspecified atom stereocenters. The standard InChI is InChI=1S/C16H23N3O/c1-17(2)15(20)19-12-16(8-10-18(3)11-9-16)13-6-4-5-7-14(13)19/h4-7H,8-12H2,1-3H3. The van der Waals surface area contributed by atoms with Crippen LogP contribution in [-0.2, 0) is 5.41 Å². The van der Waals surface area contributed by atoms with Crippen molar-refractivity contribution in [3.05, 3.63) is 29.8 Å². The smallest absolute Gasteiger partial charge is 0.323 e. The van der Waals surface area contributed by atoms with Crippen LogP contribution < -0.4 is 4.90 Å². The molecule has 0 saturated carbocycles. The van der Waals surface area contributed by atoms with Crippen molar-refractivity contribution in [2.24, 2.45) is 0 Å². The van der Waals surface area contributed by atoms with E-state index < -0.39 is 0 Å². The second kappa shape index (κ2) is 4.77. The number of carbonyl (C=O) groups is 1. The zero-order valence-electron chi connectivity index (χ0n) is 12.6. The maximum absolute atomic E-state index is 12.4. The minimum absolute atomic E-state index is 0.0910. The van der Waals surface area contributed by atoms with Gasteiger partial charge in [0.1, 0.15) is 0 Å². The summed E-state index contributed by atoms with van der Waals surface area (Å²) in [5.41, 5.74) is 2.63. The van der Waals surface area contributed by atoms with E-state index in [2.05, 4.69) is 30.1 Å². The molecule has 2 amide bonds. The zero-order chi connectivity index (χ0) is 14.3. The average molecular weight is 273 g/mol. The van der Waals surface area contributed by atoms with Gasteiger partial charge >= 0.3 is 6.03 Å². The zero-order valence-corrected chi connectivity index (χ0v) is 12.6. The van der Waals surface area contributed by atoms with Gasteiger partial charge in [0.05, 0.1) is 0 Å². The van der Waals surface area contributed by atoms with E-state index in [0.29, 0.717) is 0 Å². The van der Waals surface area contributed by atoms with Crippen LogP contribution in [0.1, 0.15) is 18.4 Å². The van der Waals surface area contributed by atoms with Gasteiger partial charge in [-0.3, -0.25) is 4.90 Å². The third-order valence-corrected chi connectivity index (χ3v) is 4.78. The van der Waals surface area contributed by atoms with Gasteiger partial charge in [0.15, 0.2) is 0 Å². The van der Waals surface area contributed by atoms with Crippen LogP contribution in [0.15, 0.2) is 24.3 Å². The molecular formula is C16H23N3O. The van der Waals surface area contributed by atoms with E-state index >= 15 is 0 Å². The SMILES string of the molecule is CN1CCC2(CC1)CN(C(=O)N(C)C)c1ccccc12. The van der Waals surface area contributed by atoms with Crippen LogP contribution in [0.25, 0.3) is 0 Å². The number of nitrogens with zero attached hydrogens (tertiary/aromatic N) is 3. The number of benzene rings is 1. The van der Waals surface area contributed by atoms with E-state index in [1.54, 1.807) is 4.90 Å². The highest BCUT2D eigenvalue weighted by atomic mass is 16.2. The van der Waals surface area contributed by atoms with Gasteiger partial charge in [-0.05, 0) is 44.6 Å². The van der Waals surface area contributed by atoms with Crippen LogP contribution in [0.3, 0.4) is 0 Å². The summed E-state index contributed by atoms with van der Waals surface area (Å²) in [7, 11) is 5.83. The van der Waals surface area contributed by atoms with Crippen molar-refractivity contribution in [2.45, 2.75) is 18.3 Å². The molecule has 0 aliphatic carbocycles. The Bertz CT molecular complexity index is 518. The van der Waals surface area contributed by atoms with Gasteiger partial charge in [-0.2, -0.15) is 0 Å². The minimum atomic E-state index is 0.0910. The van der Waals surface area contributed by atoms with Gasteiger partial charge in [-0.1, -0.05) is 18.2 Å². The molecule has 20 heavy (non-hydrogen) atoms. The number of piperidine rings is 1. The first-order valence-corrected chi connectivity index (χ1v) is 7.30. The number of carbonyl (C=O) groups excluding carboxylic acids is 1. The fourth-order valence-electron chi connectivity index (χ4n) is 3.52. The van der Waals surface area contributed by atoms with Crippen LogP contribution in [-0.4, -0.2) is 56.6 Å². The topological polar surface area (TPSA) is 26.8 Å². The lowest BCUT2D eigenvalue weighted by Gasteiger charge is -2.38. The molecule has 108 valence electrons. The highest BCUT2D eigenvalue weighted by molar-refractivity contribution is 5.95. The summed E-state index contributed by atoms with van der Waals surface area (Å²) < 4.78 is 0. The predicted molar refractivity (Wildman–Crippen MR) is 81.3 cm³/mol. The molecule has 1 spiro atoms. The number of anilines is 1. The lowest BCUT2D eigenvalue weighted by molar-refractivity contribution is 0.192. The monoisotopic (exact) mass is 273 g/mol. The predicted octanol–water partition coefficient (Wildman–Crippen LogP) is 2.15. The van der Waals surface area contributed by atoms with Gasteiger partial charge in [0, 0.05) is 31.7 Å². The third kappa shape index (κ3) is 1.99. The fourth-order valence-corrected chi connectivity index (χ4v) is 3.52. The quantitative estimate of drug-likeness (QED) is 0.724. The first kappa shape index (κ1) is 13.4. The van der Waals surface area contributed by atoms with Gasteiger partial charge in [0.2, 0.25) is 0 Å². The van der Waals surface area contributed by atoms with Crippen molar-refractivity contribution < 1.29 is 4.79 Å². The number of amides is 2. The maximum atomic E-state index is 12.4. The van der Waals surface area contributed by atoms with Crippen LogP contribution in [0.2, 0.25) is 0 Å². The van der Waals surface area contributed by atoms with Gasteiger partial charge in [-0.25, -0.2) is 4.79 Å². The lowest BCUT2D eigenvalue weighted by atomic mass is 9.74. The van der Waals surface area contributed by atoms with Crippen molar-refractivity contribution in [3.63, 3.8) is 0 Å². The molecule has 3 rings (SSSR count). The molecule has 0 atom stereocenters. The average Bonchev–Trinajstić information content (AvgIpc) is 2.77. The first-order chi connectivity index (χ1) is 9.53. The van der Waals surface area contributed by atoms with E-state index in [9.17, 15) is 4.79 Å². The molecule has 1 fully saturated rings. The summed E-state index contributed by atoms with van der Waals surface area (Å²) in [5, 5.41) is 0. The Morgan fingerprint density at radius 2 is 1.85 bits per heavy atom. The van der Waals surface area contributed by atoms with Crippen molar-refractivity contribution in [1.82, 2.24) is 9.80 Å². The fraction of sp³-hybridized carbons (Fsp3) is 0.562. The summed E-state index contributed by atoms with van der Waals surface area (Å²) in [5.74, 6) is 0. The summed E-state index contributed by atoms with van der Waals surface area (Å²) in [6.07, 6.45) is 2.27. The molecule has 0 aromatic heterocycles. The number of fused-ring (bicyclic) bond motifs is 2. The van der Waals surface area contributed by atoms with E-state index in [1.807, 2.05) is 25.1 Å². The number of rotatable bonds is 0. The summed E-state index contributed by atoms with van der Waals surface area (Å²) in [6, 6.07) is 8.52. The van der Waals surface area contributed by atoms with Crippen molar-refractivity contribution in [2.75, 3.05) is 45.7 Å². The molecule has 1 aromatic carbocycles. The van der Waals surface area contributed by atoms with Crippen LogP contribution in [0, 0.1) is 0 Å². The lowest BCUT2D eigenvalue weighted by Crippen LogP contribution is -2.46. The molecule has 0 bridgehead atoms. The Labute approximate surface area is 121 Å². The number of urea groups is 1. The largest absolute Gasteiger partial charge is 0.330 e. The van der Waals surface area contributed by atoms with E-state index in [-0.39, 0.29) is 11.4 Å². The summed E-state index contributed by atoms with van der Waals surface area (Å²) in [6.45, 7) is 3.05. The summed E-state index contributed by atoms with van der Waals surface area (Å²) >= 11 is 0. The number of para-hydroxylation sites is 1. The van der Waals surface area contributed by atoms with Crippen molar-refractivity contribution in [1.29, 1.82) is 0 Å². The first-order valence-electron chi connectivity index (χ1n) is 7.30.